The number of benzene rings is 1. The van der Waals surface area contributed by atoms with Gasteiger partial charge in [0.15, 0.2) is 9.84 Å². The van der Waals surface area contributed by atoms with E-state index in [0.717, 1.165) is 6.07 Å². The first-order chi connectivity index (χ1) is 16.1. The van der Waals surface area contributed by atoms with Crippen LogP contribution in [0.15, 0.2) is 47.4 Å². The fourth-order valence-electron chi connectivity index (χ4n) is 5.20. The normalized spacial score (nSPS) is 23.1. The molecule has 1 saturated heterocycles. The Morgan fingerprint density at radius 2 is 1.60 bits per heavy atom. The number of likely N-dealkylation sites (tertiary alicyclic amines) is 1. The molecule has 0 saturated carbocycles. The molecule has 1 aliphatic carbocycles. The first-order valence-corrected chi connectivity index (χ1v) is 12.0. The van der Waals surface area contributed by atoms with E-state index in [1.165, 1.54) is 36.1 Å². The van der Waals surface area contributed by atoms with Crippen LogP contribution < -0.4 is 0 Å². The Morgan fingerprint density at radius 1 is 1.00 bits per heavy atom. The maximum Gasteiger partial charge on any atom is 0.437 e. The minimum atomic E-state index is -6.35. The number of aromatic nitrogens is 1. The van der Waals surface area contributed by atoms with Gasteiger partial charge in [0, 0.05) is 19.2 Å². The van der Waals surface area contributed by atoms with Crippen LogP contribution in [-0.4, -0.2) is 49.1 Å². The standard InChI is InChI=1S/C22H19F7N2O3S/c1-13(32)31-12-11-19(35(33,34)14-5-3-2-4-6-14)15-7-9-17(30-16(15)8-10-18(19)31)20(23,21(24,25)26)22(27,28)29/h2-7,9,18H,8,10-12H2,1H3. The first kappa shape index (κ1) is 25.4. The third kappa shape index (κ3) is 3.45. The average molecular weight is 524 g/mol. The van der Waals surface area contributed by atoms with Crippen LogP contribution in [0.4, 0.5) is 30.7 Å². The van der Waals surface area contributed by atoms with Gasteiger partial charge in [0.1, 0.15) is 4.75 Å². The van der Waals surface area contributed by atoms with Crippen LogP contribution in [0.2, 0.25) is 0 Å². The van der Waals surface area contributed by atoms with Gasteiger partial charge in [0.05, 0.1) is 16.6 Å². The molecule has 2 heterocycles. The number of sulfone groups is 1. The number of carbonyl (C=O) groups excluding carboxylic acids is 1. The van der Waals surface area contributed by atoms with Gasteiger partial charge in [-0.1, -0.05) is 24.3 Å². The Hall–Kier alpha value is -2.70. The lowest BCUT2D eigenvalue weighted by molar-refractivity contribution is -0.350. The van der Waals surface area contributed by atoms with Crippen molar-refractivity contribution in [2.45, 2.75) is 59.9 Å². The zero-order valence-corrected chi connectivity index (χ0v) is 18.9. The lowest BCUT2D eigenvalue weighted by Gasteiger charge is -2.42. The number of nitrogens with zero attached hydrogens (tertiary/aromatic N) is 2. The van der Waals surface area contributed by atoms with E-state index in [4.69, 9.17) is 0 Å². The summed E-state index contributed by atoms with van der Waals surface area (Å²) in [6, 6.07) is 7.21. The number of rotatable bonds is 3. The highest BCUT2D eigenvalue weighted by molar-refractivity contribution is 7.92. The molecule has 2 unspecified atom stereocenters. The summed E-state index contributed by atoms with van der Waals surface area (Å²) in [5.74, 6) is -0.426. The summed E-state index contributed by atoms with van der Waals surface area (Å²) < 4.78 is 120. The van der Waals surface area contributed by atoms with E-state index < -0.39 is 50.2 Å². The predicted octanol–water partition coefficient (Wildman–Crippen LogP) is 4.61. The second-order valence-electron chi connectivity index (χ2n) is 8.57. The molecule has 1 aliphatic heterocycles. The predicted molar refractivity (Wildman–Crippen MR) is 109 cm³/mol. The molecule has 1 aromatic heterocycles. The molecule has 1 aromatic carbocycles. The molecule has 35 heavy (non-hydrogen) atoms. The SMILES string of the molecule is CC(=O)N1CCC2(S(=O)(=O)c3ccccc3)c3ccc(C(F)(C(F)(F)F)C(F)(F)F)nc3CCC12. The summed E-state index contributed by atoms with van der Waals surface area (Å²) in [7, 11) is -4.32. The van der Waals surface area contributed by atoms with Crippen LogP contribution in [-0.2, 0) is 31.5 Å². The minimum Gasteiger partial charge on any atom is -0.338 e. The fourth-order valence-corrected chi connectivity index (χ4v) is 7.58. The van der Waals surface area contributed by atoms with E-state index in [-0.39, 0.29) is 48.0 Å². The number of carbonyl (C=O) groups is 1. The summed E-state index contributed by atoms with van der Waals surface area (Å²) >= 11 is 0. The molecule has 0 bridgehead atoms. The zero-order valence-electron chi connectivity index (χ0n) is 18.1. The van der Waals surface area contributed by atoms with Crippen LogP contribution in [0.25, 0.3) is 0 Å². The highest BCUT2D eigenvalue weighted by atomic mass is 32.2. The fraction of sp³-hybridized carbons (Fsp3) is 0.455. The van der Waals surface area contributed by atoms with Crippen molar-refractivity contribution in [2.24, 2.45) is 0 Å². The second kappa shape index (κ2) is 7.90. The van der Waals surface area contributed by atoms with E-state index in [1.807, 2.05) is 0 Å². The van der Waals surface area contributed by atoms with Crippen molar-refractivity contribution >= 4 is 15.7 Å². The van der Waals surface area contributed by atoms with E-state index in [2.05, 4.69) is 4.98 Å². The molecule has 0 N–H and O–H groups in total. The number of aryl methyl sites for hydroxylation is 1. The molecular formula is C22H19F7N2O3S. The quantitative estimate of drug-likeness (QED) is 0.551. The third-order valence-corrected chi connectivity index (χ3v) is 9.34. The molecule has 190 valence electrons. The number of hydrogen-bond acceptors (Lipinski definition) is 4. The molecule has 1 amide bonds. The summed E-state index contributed by atoms with van der Waals surface area (Å²) in [5, 5.41) is 0. The van der Waals surface area contributed by atoms with E-state index in [9.17, 15) is 43.9 Å². The van der Waals surface area contributed by atoms with Crippen molar-refractivity contribution in [3.63, 3.8) is 0 Å². The monoisotopic (exact) mass is 524 g/mol. The van der Waals surface area contributed by atoms with E-state index in [1.54, 1.807) is 6.07 Å². The van der Waals surface area contributed by atoms with Crippen molar-refractivity contribution < 1.29 is 43.9 Å². The van der Waals surface area contributed by atoms with Crippen LogP contribution >= 0.6 is 0 Å². The molecule has 2 atom stereocenters. The first-order valence-electron chi connectivity index (χ1n) is 10.5. The van der Waals surface area contributed by atoms with Gasteiger partial charge in [-0.2, -0.15) is 26.3 Å². The zero-order chi connectivity index (χ0) is 26.0. The smallest absolute Gasteiger partial charge is 0.338 e. The lowest BCUT2D eigenvalue weighted by Crippen LogP contribution is -2.53. The van der Waals surface area contributed by atoms with Gasteiger partial charge in [-0.25, -0.2) is 12.8 Å². The number of halogens is 7. The molecule has 2 aliphatic rings. The van der Waals surface area contributed by atoms with Crippen LogP contribution in [0, 0.1) is 0 Å². The van der Waals surface area contributed by atoms with E-state index >= 15 is 0 Å². The van der Waals surface area contributed by atoms with Gasteiger partial charge in [0.25, 0.3) is 0 Å². The number of fused-ring (bicyclic) bond motifs is 3. The van der Waals surface area contributed by atoms with Gasteiger partial charge >= 0.3 is 18.0 Å². The summed E-state index contributed by atoms with van der Waals surface area (Å²) in [4.78, 5) is 16.9. The summed E-state index contributed by atoms with van der Waals surface area (Å²) in [6.07, 6.45) is -13.2. The van der Waals surface area contributed by atoms with Crippen LogP contribution in [0.1, 0.15) is 36.7 Å². The Kier molecular flexibility index (Phi) is 5.73. The Labute approximate surface area is 195 Å². The van der Waals surface area contributed by atoms with Gasteiger partial charge in [-0.05, 0) is 43.0 Å². The van der Waals surface area contributed by atoms with Crippen molar-refractivity contribution in [1.29, 1.82) is 0 Å². The maximum atomic E-state index is 14.7. The van der Waals surface area contributed by atoms with Gasteiger partial charge in [0.2, 0.25) is 5.91 Å². The highest BCUT2D eigenvalue weighted by Gasteiger charge is 2.75. The van der Waals surface area contributed by atoms with Crippen molar-refractivity contribution in [1.82, 2.24) is 9.88 Å². The Bertz CT molecular complexity index is 1250. The minimum absolute atomic E-state index is 0.00536. The third-order valence-electron chi connectivity index (χ3n) is 6.79. The van der Waals surface area contributed by atoms with Gasteiger partial charge in [-0.3, -0.25) is 9.78 Å². The molecule has 13 heteroatoms. The molecule has 1 fully saturated rings. The molecule has 5 nitrogen and oxygen atoms in total. The number of alkyl halides is 7. The van der Waals surface area contributed by atoms with Crippen LogP contribution in [0.3, 0.4) is 0 Å². The second-order valence-corrected chi connectivity index (χ2v) is 10.8. The molecule has 0 spiro atoms. The Morgan fingerprint density at radius 3 is 2.14 bits per heavy atom. The van der Waals surface area contributed by atoms with Crippen molar-refractivity contribution in [2.75, 3.05) is 6.54 Å². The number of hydrogen-bond donors (Lipinski definition) is 0. The maximum absolute atomic E-state index is 14.7. The number of pyridine rings is 1. The van der Waals surface area contributed by atoms with Gasteiger partial charge in [-0.15, -0.1) is 0 Å². The lowest BCUT2D eigenvalue weighted by atomic mass is 9.80. The largest absolute Gasteiger partial charge is 0.437 e. The van der Waals surface area contributed by atoms with Crippen LogP contribution in [0.5, 0.6) is 0 Å². The molecule has 4 rings (SSSR count). The Balaban J connectivity index is 1.97. The topological polar surface area (TPSA) is 67.3 Å². The average Bonchev–Trinajstić information content (AvgIpc) is 3.19. The van der Waals surface area contributed by atoms with Crippen molar-refractivity contribution in [3.05, 3.63) is 59.4 Å². The summed E-state index contributed by atoms with van der Waals surface area (Å²) in [6.45, 7) is 1.25. The van der Waals surface area contributed by atoms with E-state index in [0.29, 0.717) is 0 Å². The van der Waals surface area contributed by atoms with Gasteiger partial charge < -0.3 is 4.90 Å². The van der Waals surface area contributed by atoms with Crippen molar-refractivity contribution in [3.8, 4) is 0 Å². The molecule has 2 aromatic rings. The highest BCUT2D eigenvalue weighted by Crippen LogP contribution is 2.55. The molecular weight excluding hydrogens is 505 g/mol. The molecule has 0 radical (unpaired) electrons. The summed E-state index contributed by atoms with van der Waals surface area (Å²) in [5.41, 5.74) is -8.15. The number of amides is 1.